The van der Waals surface area contributed by atoms with Crippen LogP contribution < -0.4 is 4.98 Å². The summed E-state index contributed by atoms with van der Waals surface area (Å²) in [7, 11) is -6.54. The monoisotopic (exact) mass is 1050 g/mol. The molecular formula is C60H74Cl2N3Si5-. The van der Waals surface area contributed by atoms with Crippen molar-refractivity contribution in [1.29, 1.82) is 0 Å². The Kier molecular flexibility index (Phi) is 14.5. The number of para-hydroxylation sites is 3. The van der Waals surface area contributed by atoms with Crippen LogP contribution in [-0.4, -0.2) is 48.4 Å². The van der Waals surface area contributed by atoms with Gasteiger partial charge in [0, 0.05) is 56.1 Å². The van der Waals surface area contributed by atoms with Crippen molar-refractivity contribution in [3.05, 3.63) is 179 Å². The van der Waals surface area contributed by atoms with Crippen LogP contribution in [0.4, 0.5) is 0 Å². The number of rotatable bonds is 3. The summed E-state index contributed by atoms with van der Waals surface area (Å²) in [5, 5.41) is 4.21. The highest BCUT2D eigenvalue weighted by atomic mass is 35.6. The maximum Gasteiger partial charge on any atom is 0.153 e. The van der Waals surface area contributed by atoms with Crippen molar-refractivity contribution in [2.45, 2.75) is 116 Å². The first-order valence-corrected chi connectivity index (χ1v) is 44.8. The number of hydrogen-bond acceptors (Lipinski definition) is 0. The highest BCUT2D eigenvalue weighted by Crippen LogP contribution is 2.54. The molecule has 0 spiro atoms. The van der Waals surface area contributed by atoms with Gasteiger partial charge in [0.05, 0.1) is 21.8 Å². The Balaban J connectivity index is 0.000000130. The van der Waals surface area contributed by atoms with Gasteiger partial charge in [-0.3, -0.25) is 0 Å². The van der Waals surface area contributed by atoms with Gasteiger partial charge in [0.2, 0.25) is 0 Å². The van der Waals surface area contributed by atoms with Crippen molar-refractivity contribution >= 4 is 94.0 Å². The van der Waals surface area contributed by atoms with Crippen molar-refractivity contribution in [3.63, 3.8) is 0 Å². The van der Waals surface area contributed by atoms with E-state index >= 15 is 0 Å². The van der Waals surface area contributed by atoms with Crippen molar-refractivity contribution in [2.75, 3.05) is 0 Å². The summed E-state index contributed by atoms with van der Waals surface area (Å²) < 4.78 is 2.72. The van der Waals surface area contributed by atoms with E-state index in [9.17, 15) is 0 Å². The third-order valence-corrected chi connectivity index (χ3v) is 19.6. The highest BCUT2D eigenvalue weighted by Gasteiger charge is 2.43. The molecule has 3 aromatic heterocycles. The summed E-state index contributed by atoms with van der Waals surface area (Å²) in [5.41, 5.74) is 22.4. The molecule has 0 bridgehead atoms. The standard InChI is InChI=1S/C21H27NSi2.C18H18NSi.C15H11N.2C3H9ClSi/c1-23(2,3)21-16-12-8-7-11-15(16)20-19(21)17-13-9-10-14-18(17)22(20)24(4,5)6;1-20(2,3)18-13-9-5-4-8-12(13)17-16(18)14-10-6-7-11-15(14)19-17;1-2-6-11-10(5-1)9-13-12-7-3-4-8-14(12)16-15(11)13;2*1-5(2,3)4/h7-14,21H,1-6H3;4-11,18H,1-3H3;1-8,16H,9H2;2*1-3H3/q;-1;;;. The Morgan fingerprint density at radius 3 is 1.54 bits per heavy atom. The van der Waals surface area contributed by atoms with Gasteiger partial charge in [-0.05, 0) is 50.9 Å². The van der Waals surface area contributed by atoms with Gasteiger partial charge in [0.1, 0.15) is 14.8 Å². The number of hydrogen-bond donors (Lipinski definition) is 1. The molecule has 70 heavy (non-hydrogen) atoms. The van der Waals surface area contributed by atoms with Gasteiger partial charge < -0.3 is 14.2 Å². The van der Waals surface area contributed by atoms with Gasteiger partial charge in [-0.1, -0.05) is 237 Å². The summed E-state index contributed by atoms with van der Waals surface area (Å²) in [5.74, 6) is 0. The first-order valence-electron chi connectivity index (χ1n) is 25.1. The lowest BCUT2D eigenvalue weighted by Crippen LogP contribution is -2.32. The average Bonchev–Trinajstić information content (AvgIpc) is 4.10. The second-order valence-electron chi connectivity index (χ2n) is 24.4. The van der Waals surface area contributed by atoms with Crippen LogP contribution in [0.25, 0.3) is 66.5 Å². The third-order valence-electron chi connectivity index (χ3n) is 13.1. The van der Waals surface area contributed by atoms with E-state index in [0.717, 1.165) is 11.9 Å². The quantitative estimate of drug-likeness (QED) is 0.139. The van der Waals surface area contributed by atoms with E-state index in [4.69, 9.17) is 27.1 Å². The molecule has 0 fully saturated rings. The number of fused-ring (bicyclic) bond motifs is 15. The molecule has 0 aliphatic heterocycles. The van der Waals surface area contributed by atoms with E-state index in [1.807, 2.05) is 0 Å². The predicted octanol–water partition coefficient (Wildman–Crippen LogP) is 19.0. The van der Waals surface area contributed by atoms with E-state index in [1.165, 1.54) is 83.2 Å². The molecule has 1 N–H and O–H groups in total. The second kappa shape index (κ2) is 19.6. The molecule has 12 rings (SSSR count). The van der Waals surface area contributed by atoms with Crippen LogP contribution in [0, 0.1) is 0 Å². The van der Waals surface area contributed by atoms with Crippen LogP contribution in [0.3, 0.4) is 0 Å². The van der Waals surface area contributed by atoms with Gasteiger partial charge in [-0.25, -0.2) is 0 Å². The van der Waals surface area contributed by atoms with Crippen LogP contribution in [0.1, 0.15) is 44.5 Å². The summed E-state index contributed by atoms with van der Waals surface area (Å²) in [6.45, 7) is 34.9. The Bertz CT molecular complexity index is 3300. The van der Waals surface area contributed by atoms with Gasteiger partial charge in [0.15, 0.2) is 8.24 Å². The van der Waals surface area contributed by atoms with Crippen molar-refractivity contribution < 1.29 is 0 Å². The Hall–Kier alpha value is -4.40. The zero-order valence-corrected chi connectivity index (χ0v) is 50.9. The topological polar surface area (TPSA) is 34.8 Å². The predicted molar refractivity (Wildman–Crippen MR) is 324 cm³/mol. The zero-order valence-electron chi connectivity index (χ0n) is 44.4. The fraction of sp³-hybridized carbons (Fsp3) is 0.300. The van der Waals surface area contributed by atoms with E-state index in [1.54, 1.807) is 11.1 Å². The molecule has 3 aliphatic carbocycles. The first-order chi connectivity index (χ1) is 32.7. The van der Waals surface area contributed by atoms with Crippen molar-refractivity contribution in [2.24, 2.45) is 0 Å². The molecule has 3 aliphatic rings. The number of halogens is 2. The molecule has 0 saturated heterocycles. The minimum atomic E-state index is -1.53. The number of H-pyrrole nitrogens is 1. The first kappa shape index (κ1) is 51.9. The van der Waals surface area contributed by atoms with E-state index in [2.05, 4.69) is 253 Å². The van der Waals surface area contributed by atoms with Crippen LogP contribution in [0.2, 0.25) is 98.2 Å². The van der Waals surface area contributed by atoms with E-state index in [0.29, 0.717) is 11.1 Å². The van der Waals surface area contributed by atoms with Crippen molar-refractivity contribution in [3.8, 4) is 33.8 Å². The molecule has 10 heteroatoms. The Morgan fingerprint density at radius 2 is 0.943 bits per heavy atom. The number of nitrogens with zero attached hydrogens (tertiary/aromatic N) is 2. The van der Waals surface area contributed by atoms with Crippen LogP contribution in [0.5, 0.6) is 0 Å². The largest absolute Gasteiger partial charge is 0.657 e. The molecule has 2 unspecified atom stereocenters. The number of benzene rings is 6. The second-order valence-corrected chi connectivity index (χ2v) is 54.9. The molecular weight excluding hydrogens is 974 g/mol. The smallest absolute Gasteiger partial charge is 0.153 e. The van der Waals surface area contributed by atoms with Gasteiger partial charge in [-0.2, -0.15) is 22.2 Å². The summed E-state index contributed by atoms with van der Waals surface area (Å²) >= 11 is 11.3. The van der Waals surface area contributed by atoms with Crippen LogP contribution in [0.15, 0.2) is 146 Å². The number of aromatic amines is 1. The highest BCUT2D eigenvalue weighted by molar-refractivity contribution is 7.18. The maximum atomic E-state index is 5.67. The zero-order chi connectivity index (χ0) is 50.7. The summed E-state index contributed by atoms with van der Waals surface area (Å²) in [4.78, 5) is 8.45. The lowest BCUT2D eigenvalue weighted by Gasteiger charge is -2.27. The fourth-order valence-corrected chi connectivity index (χ4v) is 17.4. The molecule has 0 saturated carbocycles. The molecule has 364 valence electrons. The molecule has 3 nitrogen and oxygen atoms in total. The minimum Gasteiger partial charge on any atom is -0.657 e. The summed E-state index contributed by atoms with van der Waals surface area (Å²) in [6, 6.07) is 52.9. The molecule has 2 atom stereocenters. The normalized spacial score (nSPS) is 15.4. The van der Waals surface area contributed by atoms with Gasteiger partial charge in [-0.15, -0.1) is 11.2 Å². The van der Waals surface area contributed by atoms with Crippen molar-refractivity contribution in [1.82, 2.24) is 14.2 Å². The SMILES string of the molecule is C[Si](C)(C)C1c2ccccc2-c2[n-]c3ccccc3c21.C[Si](C)(C)C1c2ccccc2-c2c1c1ccccc1n2[Si](C)(C)C.C[Si](C)(C)Cl.C[Si](C)(C)Cl.c1ccc2c(c1)Cc1c-2[nH]c2ccccc12. The number of aromatic nitrogens is 3. The lowest BCUT2D eigenvalue weighted by molar-refractivity contribution is 1.13. The maximum absolute atomic E-state index is 5.67. The third kappa shape index (κ3) is 10.8. The Morgan fingerprint density at radius 1 is 0.486 bits per heavy atom. The molecule has 3 heterocycles. The Labute approximate surface area is 433 Å². The van der Waals surface area contributed by atoms with Gasteiger partial charge in [0.25, 0.3) is 0 Å². The lowest BCUT2D eigenvalue weighted by atomic mass is 10.1. The summed E-state index contributed by atoms with van der Waals surface area (Å²) in [6.07, 6.45) is 1.06. The van der Waals surface area contributed by atoms with Crippen LogP contribution in [-0.2, 0) is 6.42 Å². The molecule has 6 aromatic carbocycles. The van der Waals surface area contributed by atoms with Crippen LogP contribution >= 0.6 is 22.2 Å². The van der Waals surface area contributed by atoms with Gasteiger partial charge >= 0.3 is 0 Å². The van der Waals surface area contributed by atoms with E-state index in [-0.39, 0.29) is 0 Å². The molecule has 9 aromatic rings. The molecule has 0 amide bonds. The number of nitrogens with one attached hydrogen (secondary N) is 1. The fourth-order valence-electron chi connectivity index (χ4n) is 10.9. The molecule has 0 radical (unpaired) electrons. The average molecular weight is 1050 g/mol. The minimum absolute atomic E-state index is 0.570. The van der Waals surface area contributed by atoms with E-state index < -0.39 is 39.2 Å².